The van der Waals surface area contributed by atoms with Crippen molar-refractivity contribution in [1.82, 2.24) is 5.32 Å². The molecule has 1 aromatic rings. The lowest BCUT2D eigenvalue weighted by atomic mass is 9.88. The van der Waals surface area contributed by atoms with Gasteiger partial charge in [0.1, 0.15) is 5.75 Å². The summed E-state index contributed by atoms with van der Waals surface area (Å²) in [6, 6.07) is 6.45. The van der Waals surface area contributed by atoms with Gasteiger partial charge >= 0.3 is 0 Å². The second-order valence-corrected chi connectivity index (χ2v) is 6.63. The number of benzene rings is 1. The van der Waals surface area contributed by atoms with E-state index in [4.69, 9.17) is 9.88 Å². The molecule has 1 unspecified atom stereocenters. The molecule has 106 valence electrons. The lowest BCUT2D eigenvalue weighted by Gasteiger charge is -2.25. The summed E-state index contributed by atoms with van der Waals surface area (Å²) >= 11 is 0. The Labute approximate surface area is 114 Å². The third-order valence-electron chi connectivity index (χ3n) is 3.46. The SMILES string of the molecule is COc1ccc2c(c1)CC(NCCS(N)(=O)=O)CC2. The average Bonchev–Trinajstić information content (AvgIpc) is 2.36. The molecule has 1 atom stereocenters. The third kappa shape index (κ3) is 4.19. The lowest BCUT2D eigenvalue weighted by molar-refractivity contribution is 0.411. The highest BCUT2D eigenvalue weighted by molar-refractivity contribution is 7.89. The molecule has 0 fully saturated rings. The van der Waals surface area contributed by atoms with Gasteiger partial charge in [0.2, 0.25) is 10.0 Å². The molecular weight excluding hydrogens is 264 g/mol. The molecule has 0 heterocycles. The number of ether oxygens (including phenoxy) is 1. The van der Waals surface area contributed by atoms with Crippen LogP contribution in [0, 0.1) is 0 Å². The summed E-state index contributed by atoms with van der Waals surface area (Å²) < 4.78 is 27.0. The number of methoxy groups -OCH3 is 1. The van der Waals surface area contributed by atoms with E-state index in [9.17, 15) is 8.42 Å². The number of nitrogens with one attached hydrogen (secondary N) is 1. The van der Waals surface area contributed by atoms with E-state index in [0.29, 0.717) is 12.6 Å². The summed E-state index contributed by atoms with van der Waals surface area (Å²) in [6.07, 6.45) is 2.92. The van der Waals surface area contributed by atoms with Crippen LogP contribution in [-0.2, 0) is 22.9 Å². The number of nitrogens with two attached hydrogens (primary N) is 1. The zero-order chi connectivity index (χ0) is 13.9. The van der Waals surface area contributed by atoms with Crippen molar-refractivity contribution < 1.29 is 13.2 Å². The van der Waals surface area contributed by atoms with Crippen molar-refractivity contribution in [3.63, 3.8) is 0 Å². The van der Waals surface area contributed by atoms with Gasteiger partial charge in [-0.3, -0.25) is 0 Å². The topological polar surface area (TPSA) is 81.4 Å². The van der Waals surface area contributed by atoms with Gasteiger partial charge in [-0.05, 0) is 42.5 Å². The molecule has 0 saturated heterocycles. The number of primary sulfonamides is 1. The summed E-state index contributed by atoms with van der Waals surface area (Å²) in [5.74, 6) is 0.845. The van der Waals surface area contributed by atoms with Crippen LogP contribution in [-0.4, -0.2) is 33.9 Å². The molecule has 5 nitrogen and oxygen atoms in total. The Bertz CT molecular complexity index is 543. The van der Waals surface area contributed by atoms with E-state index in [1.54, 1.807) is 7.11 Å². The number of sulfonamides is 1. The molecule has 1 aliphatic carbocycles. The molecule has 0 radical (unpaired) electrons. The van der Waals surface area contributed by atoms with Crippen LogP contribution >= 0.6 is 0 Å². The van der Waals surface area contributed by atoms with Crippen LogP contribution in [0.4, 0.5) is 0 Å². The van der Waals surface area contributed by atoms with Gasteiger partial charge in [-0.25, -0.2) is 13.6 Å². The Morgan fingerprint density at radius 1 is 1.42 bits per heavy atom. The van der Waals surface area contributed by atoms with Gasteiger partial charge in [-0.2, -0.15) is 0 Å². The maximum Gasteiger partial charge on any atom is 0.210 e. The summed E-state index contributed by atoms with van der Waals surface area (Å²) in [7, 11) is -1.72. The van der Waals surface area contributed by atoms with Crippen LogP contribution in [0.3, 0.4) is 0 Å². The molecule has 6 heteroatoms. The molecule has 1 aliphatic rings. The number of hydrogen-bond donors (Lipinski definition) is 2. The third-order valence-corrected chi connectivity index (χ3v) is 4.23. The van der Waals surface area contributed by atoms with Gasteiger partial charge in [-0.1, -0.05) is 6.07 Å². The van der Waals surface area contributed by atoms with Gasteiger partial charge in [-0.15, -0.1) is 0 Å². The fourth-order valence-corrected chi connectivity index (χ4v) is 2.84. The largest absolute Gasteiger partial charge is 0.497 e. The quantitative estimate of drug-likeness (QED) is 0.821. The summed E-state index contributed by atoms with van der Waals surface area (Å²) in [4.78, 5) is 0. The van der Waals surface area contributed by atoms with E-state index in [1.807, 2.05) is 6.07 Å². The Kier molecular flexibility index (Phi) is 4.44. The van der Waals surface area contributed by atoms with Crippen molar-refractivity contribution in [3.8, 4) is 5.75 Å². The second-order valence-electron chi connectivity index (χ2n) is 4.90. The standard InChI is InChI=1S/C13H20N2O3S/c1-18-13-5-3-10-2-4-12(8-11(10)9-13)15-6-7-19(14,16)17/h3,5,9,12,15H,2,4,6-8H2,1H3,(H2,14,16,17). The van der Waals surface area contributed by atoms with Crippen LogP contribution in [0.5, 0.6) is 5.75 Å². The highest BCUT2D eigenvalue weighted by atomic mass is 32.2. The highest BCUT2D eigenvalue weighted by Gasteiger charge is 2.19. The van der Waals surface area contributed by atoms with E-state index in [1.165, 1.54) is 11.1 Å². The summed E-state index contributed by atoms with van der Waals surface area (Å²) in [6.45, 7) is 0.406. The smallest absolute Gasteiger partial charge is 0.210 e. The minimum absolute atomic E-state index is 0.0194. The number of hydrogen-bond acceptors (Lipinski definition) is 4. The predicted octanol–water partition coefficient (Wildman–Crippen LogP) is 0.431. The van der Waals surface area contributed by atoms with Crippen molar-refractivity contribution in [3.05, 3.63) is 29.3 Å². The van der Waals surface area contributed by atoms with Gasteiger partial charge in [0.15, 0.2) is 0 Å². The van der Waals surface area contributed by atoms with Crippen molar-refractivity contribution >= 4 is 10.0 Å². The van der Waals surface area contributed by atoms with E-state index in [2.05, 4.69) is 17.4 Å². The molecular formula is C13H20N2O3S. The average molecular weight is 284 g/mol. The van der Waals surface area contributed by atoms with E-state index < -0.39 is 10.0 Å². The minimum Gasteiger partial charge on any atom is -0.497 e. The van der Waals surface area contributed by atoms with Crippen molar-refractivity contribution in [2.24, 2.45) is 5.14 Å². The fourth-order valence-electron chi connectivity index (χ4n) is 2.44. The minimum atomic E-state index is -3.38. The molecule has 19 heavy (non-hydrogen) atoms. The first-order valence-electron chi connectivity index (χ1n) is 6.37. The Morgan fingerprint density at radius 3 is 2.89 bits per heavy atom. The first-order valence-corrected chi connectivity index (χ1v) is 8.09. The Morgan fingerprint density at radius 2 is 2.21 bits per heavy atom. The van der Waals surface area contributed by atoms with E-state index >= 15 is 0 Å². The Hall–Kier alpha value is -1.11. The number of rotatable bonds is 5. The highest BCUT2D eigenvalue weighted by Crippen LogP contribution is 2.25. The monoisotopic (exact) mass is 284 g/mol. The number of fused-ring (bicyclic) bond motifs is 1. The first kappa shape index (κ1) is 14.3. The maximum absolute atomic E-state index is 10.9. The molecule has 0 spiro atoms. The lowest BCUT2D eigenvalue weighted by Crippen LogP contribution is -2.38. The molecule has 0 saturated carbocycles. The van der Waals surface area contributed by atoms with E-state index in [0.717, 1.165) is 25.0 Å². The second kappa shape index (κ2) is 5.90. The molecule has 0 amide bonds. The fraction of sp³-hybridized carbons (Fsp3) is 0.538. The molecule has 1 aromatic carbocycles. The van der Waals surface area contributed by atoms with Crippen LogP contribution in [0.25, 0.3) is 0 Å². The Balaban J connectivity index is 1.93. The summed E-state index contributed by atoms with van der Waals surface area (Å²) in [5, 5.41) is 8.24. The van der Waals surface area contributed by atoms with Crippen LogP contribution < -0.4 is 15.2 Å². The van der Waals surface area contributed by atoms with Crippen molar-refractivity contribution in [2.75, 3.05) is 19.4 Å². The molecule has 2 rings (SSSR count). The molecule has 0 aliphatic heterocycles. The van der Waals surface area contributed by atoms with Gasteiger partial charge in [0.25, 0.3) is 0 Å². The van der Waals surface area contributed by atoms with Crippen molar-refractivity contribution in [2.45, 2.75) is 25.3 Å². The van der Waals surface area contributed by atoms with E-state index in [-0.39, 0.29) is 5.75 Å². The summed E-state index contributed by atoms with van der Waals surface area (Å²) in [5.41, 5.74) is 2.63. The zero-order valence-corrected chi connectivity index (χ0v) is 11.9. The number of aryl methyl sites for hydroxylation is 1. The van der Waals surface area contributed by atoms with Gasteiger partial charge < -0.3 is 10.1 Å². The maximum atomic E-state index is 10.9. The van der Waals surface area contributed by atoms with Crippen LogP contribution in [0.2, 0.25) is 0 Å². The van der Waals surface area contributed by atoms with Gasteiger partial charge in [0, 0.05) is 12.6 Å². The normalized spacial score (nSPS) is 18.9. The molecule has 0 aromatic heterocycles. The first-order chi connectivity index (χ1) is 8.98. The predicted molar refractivity (Wildman–Crippen MR) is 74.8 cm³/mol. The zero-order valence-electron chi connectivity index (χ0n) is 11.1. The molecule has 3 N–H and O–H groups in total. The van der Waals surface area contributed by atoms with Gasteiger partial charge in [0.05, 0.1) is 12.9 Å². The molecule has 0 bridgehead atoms. The van der Waals surface area contributed by atoms with Crippen LogP contribution in [0.15, 0.2) is 18.2 Å². The van der Waals surface area contributed by atoms with Crippen LogP contribution in [0.1, 0.15) is 17.5 Å². The van der Waals surface area contributed by atoms with Crippen molar-refractivity contribution in [1.29, 1.82) is 0 Å².